The Bertz CT molecular complexity index is 1260. The van der Waals surface area contributed by atoms with Crippen molar-refractivity contribution >= 4 is 11.9 Å². The van der Waals surface area contributed by atoms with Crippen LogP contribution in [0.4, 0.5) is 0 Å². The number of ketones is 1. The number of benzene rings is 4. The molecule has 0 aromatic heterocycles. The van der Waals surface area contributed by atoms with Crippen molar-refractivity contribution in [2.45, 2.75) is 18.3 Å². The standard InChI is InChI=1S/C32H30O5/c1-35-26-19-21-29(36-2)27(22-26)30(34)32(28(33)20-18-23-12-6-3-7-13-23)37-31(24-14-8-4-9-15-24)25-16-10-5-11-17-25/h3-22,28,31-33H,1-2H3/b20-18+/t28-,32+/m1/s1. The second kappa shape index (κ2) is 12.7. The molecule has 4 aromatic rings. The van der Waals surface area contributed by atoms with Gasteiger partial charge in [-0.3, -0.25) is 4.79 Å². The smallest absolute Gasteiger partial charge is 0.198 e. The molecule has 0 spiro atoms. The molecule has 0 amide bonds. The van der Waals surface area contributed by atoms with E-state index in [1.165, 1.54) is 14.2 Å². The molecule has 188 valence electrons. The molecule has 0 unspecified atom stereocenters. The summed E-state index contributed by atoms with van der Waals surface area (Å²) in [6.07, 6.45) is 0.298. The fourth-order valence-corrected chi connectivity index (χ4v) is 4.08. The van der Waals surface area contributed by atoms with Crippen molar-refractivity contribution in [2.75, 3.05) is 14.2 Å². The van der Waals surface area contributed by atoms with Crippen LogP contribution >= 0.6 is 0 Å². The maximum atomic E-state index is 14.0. The molecule has 0 aliphatic heterocycles. The van der Waals surface area contributed by atoms with Crippen molar-refractivity contribution in [3.63, 3.8) is 0 Å². The van der Waals surface area contributed by atoms with E-state index in [1.807, 2.05) is 91.0 Å². The van der Waals surface area contributed by atoms with Crippen LogP contribution in [0.2, 0.25) is 0 Å². The third-order valence-corrected chi connectivity index (χ3v) is 6.01. The molecule has 1 N–H and O–H groups in total. The zero-order valence-corrected chi connectivity index (χ0v) is 20.9. The summed E-state index contributed by atoms with van der Waals surface area (Å²) in [6.45, 7) is 0. The Balaban J connectivity index is 1.76. The number of carbonyl (C=O) groups is 1. The third-order valence-electron chi connectivity index (χ3n) is 6.01. The summed E-state index contributed by atoms with van der Waals surface area (Å²) in [5.74, 6) is 0.451. The lowest BCUT2D eigenvalue weighted by Gasteiger charge is -2.27. The number of aliphatic hydroxyl groups is 1. The average Bonchev–Trinajstić information content (AvgIpc) is 2.97. The number of carbonyl (C=O) groups excluding carboxylic acids is 1. The van der Waals surface area contributed by atoms with Crippen LogP contribution in [0.25, 0.3) is 6.08 Å². The van der Waals surface area contributed by atoms with Gasteiger partial charge in [-0.15, -0.1) is 0 Å². The van der Waals surface area contributed by atoms with Crippen LogP contribution in [0.3, 0.4) is 0 Å². The molecule has 0 bridgehead atoms. The lowest BCUT2D eigenvalue weighted by atomic mass is 9.97. The first-order chi connectivity index (χ1) is 18.1. The molecule has 0 aliphatic carbocycles. The van der Waals surface area contributed by atoms with Crippen molar-refractivity contribution in [3.05, 3.63) is 138 Å². The number of Topliss-reactive ketones (excluding diaryl/α,β-unsaturated/α-hetero) is 1. The topological polar surface area (TPSA) is 65.0 Å². The first-order valence-electron chi connectivity index (χ1n) is 12.0. The van der Waals surface area contributed by atoms with Gasteiger partial charge in [0.2, 0.25) is 0 Å². The minimum Gasteiger partial charge on any atom is -0.497 e. The van der Waals surface area contributed by atoms with Crippen LogP contribution in [-0.2, 0) is 4.74 Å². The lowest BCUT2D eigenvalue weighted by Crippen LogP contribution is -2.37. The van der Waals surface area contributed by atoms with Crippen molar-refractivity contribution in [3.8, 4) is 11.5 Å². The largest absolute Gasteiger partial charge is 0.497 e. The maximum absolute atomic E-state index is 14.0. The Labute approximate surface area is 217 Å². The van der Waals surface area contributed by atoms with Gasteiger partial charge in [0.1, 0.15) is 23.7 Å². The van der Waals surface area contributed by atoms with Crippen LogP contribution in [0.1, 0.15) is 33.2 Å². The Morgan fingerprint density at radius 1 is 0.757 bits per heavy atom. The summed E-state index contributed by atoms with van der Waals surface area (Å²) in [6, 6.07) is 33.9. The van der Waals surface area contributed by atoms with Crippen molar-refractivity contribution in [1.82, 2.24) is 0 Å². The van der Waals surface area contributed by atoms with Gasteiger partial charge in [0.05, 0.1) is 19.8 Å². The minimum absolute atomic E-state index is 0.263. The molecular formula is C32H30O5. The number of hydrogen-bond acceptors (Lipinski definition) is 5. The minimum atomic E-state index is -1.24. The molecule has 37 heavy (non-hydrogen) atoms. The van der Waals surface area contributed by atoms with E-state index in [9.17, 15) is 9.90 Å². The Kier molecular flexibility index (Phi) is 8.87. The number of aliphatic hydroxyl groups excluding tert-OH is 1. The Hall–Kier alpha value is -4.19. The zero-order chi connectivity index (χ0) is 26.0. The predicted molar refractivity (Wildman–Crippen MR) is 145 cm³/mol. The summed E-state index contributed by atoms with van der Waals surface area (Å²) in [4.78, 5) is 14.0. The van der Waals surface area contributed by atoms with E-state index in [1.54, 1.807) is 30.4 Å². The quantitative estimate of drug-likeness (QED) is 0.254. The van der Waals surface area contributed by atoms with E-state index < -0.39 is 24.1 Å². The molecule has 5 nitrogen and oxygen atoms in total. The number of ether oxygens (including phenoxy) is 3. The second-order valence-electron chi connectivity index (χ2n) is 8.45. The predicted octanol–water partition coefficient (Wildman–Crippen LogP) is 6.14. The summed E-state index contributed by atoms with van der Waals surface area (Å²) >= 11 is 0. The van der Waals surface area contributed by atoms with Gasteiger partial charge in [-0.05, 0) is 34.9 Å². The van der Waals surface area contributed by atoms with Crippen molar-refractivity contribution < 1.29 is 24.1 Å². The summed E-state index contributed by atoms with van der Waals surface area (Å²) < 4.78 is 17.3. The molecular weight excluding hydrogens is 464 g/mol. The number of hydrogen-bond donors (Lipinski definition) is 1. The fraction of sp³-hybridized carbons (Fsp3) is 0.156. The maximum Gasteiger partial charge on any atom is 0.198 e. The summed E-state index contributed by atoms with van der Waals surface area (Å²) in [5.41, 5.74) is 2.89. The van der Waals surface area contributed by atoms with Gasteiger partial charge in [-0.25, -0.2) is 0 Å². The van der Waals surface area contributed by atoms with Gasteiger partial charge in [0.15, 0.2) is 11.9 Å². The molecule has 0 aliphatic rings. The van der Waals surface area contributed by atoms with E-state index in [2.05, 4.69) is 0 Å². The summed E-state index contributed by atoms with van der Waals surface area (Å²) in [7, 11) is 3.03. The van der Waals surface area contributed by atoms with Gasteiger partial charge in [0, 0.05) is 0 Å². The molecule has 5 heteroatoms. The first kappa shape index (κ1) is 25.9. The van der Waals surface area contributed by atoms with E-state index in [0.717, 1.165) is 16.7 Å². The summed E-state index contributed by atoms with van der Waals surface area (Å²) in [5, 5.41) is 11.3. The molecule has 0 fully saturated rings. The van der Waals surface area contributed by atoms with Gasteiger partial charge >= 0.3 is 0 Å². The molecule has 2 atom stereocenters. The van der Waals surface area contributed by atoms with Gasteiger partial charge in [0.25, 0.3) is 0 Å². The van der Waals surface area contributed by atoms with Gasteiger partial charge in [-0.2, -0.15) is 0 Å². The molecule has 4 rings (SSSR count). The second-order valence-corrected chi connectivity index (χ2v) is 8.45. The highest BCUT2D eigenvalue weighted by atomic mass is 16.5. The monoisotopic (exact) mass is 494 g/mol. The third kappa shape index (κ3) is 6.53. The SMILES string of the molecule is COc1ccc(OC)c(C(=O)[C@@H](OC(c2ccccc2)c2ccccc2)[C@H](O)/C=C/c2ccccc2)c1. The van der Waals surface area contributed by atoms with E-state index in [-0.39, 0.29) is 5.56 Å². The Morgan fingerprint density at radius 2 is 1.32 bits per heavy atom. The molecule has 0 saturated heterocycles. The normalized spacial score (nSPS) is 12.9. The number of methoxy groups -OCH3 is 2. The molecule has 0 heterocycles. The highest BCUT2D eigenvalue weighted by Crippen LogP contribution is 2.32. The van der Waals surface area contributed by atoms with Crippen LogP contribution < -0.4 is 9.47 Å². The first-order valence-corrected chi connectivity index (χ1v) is 12.0. The van der Waals surface area contributed by atoms with Crippen LogP contribution in [0.15, 0.2) is 115 Å². The fourth-order valence-electron chi connectivity index (χ4n) is 4.08. The molecule has 0 saturated carbocycles. The highest BCUT2D eigenvalue weighted by molar-refractivity contribution is 6.02. The molecule has 4 aromatic carbocycles. The Morgan fingerprint density at radius 3 is 1.86 bits per heavy atom. The van der Waals surface area contributed by atoms with Crippen LogP contribution in [0, 0.1) is 0 Å². The van der Waals surface area contributed by atoms with E-state index in [4.69, 9.17) is 14.2 Å². The lowest BCUT2D eigenvalue weighted by molar-refractivity contribution is -0.0325. The van der Waals surface area contributed by atoms with Gasteiger partial charge in [-0.1, -0.05) is 103 Å². The van der Waals surface area contributed by atoms with E-state index >= 15 is 0 Å². The average molecular weight is 495 g/mol. The van der Waals surface area contributed by atoms with Crippen molar-refractivity contribution in [1.29, 1.82) is 0 Å². The number of rotatable bonds is 11. The zero-order valence-electron chi connectivity index (χ0n) is 20.9. The highest BCUT2D eigenvalue weighted by Gasteiger charge is 2.33. The van der Waals surface area contributed by atoms with Crippen LogP contribution in [-0.4, -0.2) is 37.3 Å². The van der Waals surface area contributed by atoms with Crippen molar-refractivity contribution in [2.24, 2.45) is 0 Å². The molecule has 0 radical (unpaired) electrons. The van der Waals surface area contributed by atoms with Crippen LogP contribution in [0.5, 0.6) is 11.5 Å². The van der Waals surface area contributed by atoms with Gasteiger partial charge < -0.3 is 19.3 Å². The van der Waals surface area contributed by atoms with E-state index in [0.29, 0.717) is 11.5 Å².